The molecule has 4 rings (SSSR count). The molecule has 31 heavy (non-hydrogen) atoms. The van der Waals surface area contributed by atoms with E-state index in [1.807, 2.05) is 19.1 Å². The van der Waals surface area contributed by atoms with Gasteiger partial charge in [-0.15, -0.1) is 0 Å². The third-order valence-corrected chi connectivity index (χ3v) is 8.34. The van der Waals surface area contributed by atoms with Gasteiger partial charge in [-0.1, -0.05) is 36.4 Å². The van der Waals surface area contributed by atoms with Crippen LogP contribution in [0.25, 0.3) is 6.08 Å². The van der Waals surface area contributed by atoms with Gasteiger partial charge in [0.05, 0.1) is 11.5 Å². The van der Waals surface area contributed by atoms with Crippen molar-refractivity contribution >= 4 is 16.1 Å². The second-order valence-electron chi connectivity index (χ2n) is 8.27. The number of rotatable bonds is 5. The highest BCUT2D eigenvalue weighted by molar-refractivity contribution is 7.89. The summed E-state index contributed by atoms with van der Waals surface area (Å²) < 4.78 is 41.4. The highest BCUT2D eigenvalue weighted by Gasteiger charge is 2.50. The molecule has 0 spiro atoms. The Morgan fingerprint density at radius 3 is 2.39 bits per heavy atom. The minimum atomic E-state index is -3.72. The van der Waals surface area contributed by atoms with Gasteiger partial charge in [-0.05, 0) is 61.7 Å². The Morgan fingerprint density at radius 2 is 1.74 bits per heavy atom. The van der Waals surface area contributed by atoms with Crippen molar-refractivity contribution in [2.24, 2.45) is 0 Å². The molecule has 5 nitrogen and oxygen atoms in total. The fourth-order valence-corrected chi connectivity index (χ4v) is 6.40. The van der Waals surface area contributed by atoms with E-state index in [1.165, 1.54) is 28.6 Å². The van der Waals surface area contributed by atoms with E-state index in [2.05, 4.69) is 29.2 Å². The normalized spacial score (nSPS) is 25.6. The van der Waals surface area contributed by atoms with Gasteiger partial charge in [-0.25, -0.2) is 12.8 Å². The minimum absolute atomic E-state index is 0.000223. The van der Waals surface area contributed by atoms with E-state index in [9.17, 15) is 17.9 Å². The van der Waals surface area contributed by atoms with Crippen LogP contribution in [0.2, 0.25) is 0 Å². The molecule has 0 saturated carbocycles. The first kappa shape index (κ1) is 22.1. The maximum atomic E-state index is 13.3. The van der Waals surface area contributed by atoms with Crippen LogP contribution >= 0.6 is 0 Å². The van der Waals surface area contributed by atoms with E-state index in [0.29, 0.717) is 13.1 Å². The molecule has 1 N–H and O–H groups in total. The van der Waals surface area contributed by atoms with Crippen molar-refractivity contribution in [3.63, 3.8) is 0 Å². The molecular weight excluding hydrogens is 415 g/mol. The van der Waals surface area contributed by atoms with Crippen LogP contribution in [-0.4, -0.2) is 61.1 Å². The molecule has 0 unspecified atom stereocenters. The van der Waals surface area contributed by atoms with Gasteiger partial charge >= 0.3 is 0 Å². The van der Waals surface area contributed by atoms with Gasteiger partial charge in [0.2, 0.25) is 10.0 Å². The Balaban J connectivity index is 1.62. The summed E-state index contributed by atoms with van der Waals surface area (Å²) in [6.07, 6.45) is 5.65. The quantitative estimate of drug-likeness (QED) is 0.767. The molecule has 0 amide bonds. The molecule has 2 aromatic rings. The van der Waals surface area contributed by atoms with Crippen molar-refractivity contribution in [2.75, 3.05) is 26.2 Å². The molecule has 0 aromatic heterocycles. The summed E-state index contributed by atoms with van der Waals surface area (Å²) in [5.74, 6) is -0.391. The fraction of sp³-hybridized carbons (Fsp3) is 0.417. The Labute approximate surface area is 183 Å². The van der Waals surface area contributed by atoms with Crippen molar-refractivity contribution in [3.05, 3.63) is 71.6 Å². The molecule has 0 radical (unpaired) electrons. The van der Waals surface area contributed by atoms with Gasteiger partial charge in [0, 0.05) is 31.1 Å². The summed E-state index contributed by atoms with van der Waals surface area (Å²) >= 11 is 0. The van der Waals surface area contributed by atoms with Gasteiger partial charge in [-0.2, -0.15) is 4.31 Å². The predicted octanol–water partition coefficient (Wildman–Crippen LogP) is 3.47. The number of sulfonamides is 1. The zero-order valence-corrected chi connectivity index (χ0v) is 18.5. The van der Waals surface area contributed by atoms with Crippen LogP contribution in [-0.2, 0) is 10.0 Å². The number of benzene rings is 2. The number of fused-ring (bicyclic) bond motifs is 1. The van der Waals surface area contributed by atoms with E-state index < -0.39 is 15.8 Å². The Morgan fingerprint density at radius 1 is 1.06 bits per heavy atom. The maximum Gasteiger partial charge on any atom is 0.243 e. The predicted molar refractivity (Wildman–Crippen MR) is 120 cm³/mol. The van der Waals surface area contributed by atoms with Crippen LogP contribution in [0.1, 0.15) is 36.8 Å². The molecule has 2 aromatic carbocycles. The Kier molecular flexibility index (Phi) is 6.57. The third-order valence-electron chi connectivity index (χ3n) is 6.46. The molecular formula is C24H29FN2O3S. The number of allylic oxidation sites excluding steroid dienone is 1. The van der Waals surface area contributed by atoms with E-state index in [1.54, 1.807) is 0 Å². The molecule has 3 atom stereocenters. The van der Waals surface area contributed by atoms with Crippen LogP contribution in [0.5, 0.6) is 0 Å². The molecule has 2 heterocycles. The second kappa shape index (κ2) is 9.20. The van der Waals surface area contributed by atoms with Crippen molar-refractivity contribution in [1.29, 1.82) is 0 Å². The Hall–Kier alpha value is -2.06. The molecule has 2 aliphatic heterocycles. The minimum Gasteiger partial charge on any atom is -0.395 e. The number of hydrogen-bond donors (Lipinski definition) is 1. The van der Waals surface area contributed by atoms with Gasteiger partial charge in [0.1, 0.15) is 5.82 Å². The topological polar surface area (TPSA) is 60.9 Å². The lowest BCUT2D eigenvalue weighted by Crippen LogP contribution is -2.67. The smallest absolute Gasteiger partial charge is 0.243 e. The third kappa shape index (κ3) is 4.32. The monoisotopic (exact) mass is 444 g/mol. The first-order valence-corrected chi connectivity index (χ1v) is 12.2. The van der Waals surface area contributed by atoms with E-state index in [0.717, 1.165) is 30.5 Å². The number of aliphatic hydroxyl groups is 1. The summed E-state index contributed by atoms with van der Waals surface area (Å²) in [7, 11) is -3.72. The average molecular weight is 445 g/mol. The number of aliphatic hydroxyl groups excluding tert-OH is 1. The second-order valence-corrected chi connectivity index (χ2v) is 10.2. The molecule has 2 fully saturated rings. The molecule has 2 saturated heterocycles. The largest absolute Gasteiger partial charge is 0.395 e. The zero-order valence-electron chi connectivity index (χ0n) is 17.7. The SMILES string of the molecule is C/C=C/c1ccc([C@@H]2[C@@H](CO)N3CCCCN(S(=O)(=O)c4ccc(F)cc4)C[C@H]23)cc1. The lowest BCUT2D eigenvalue weighted by Gasteiger charge is -2.57. The van der Waals surface area contributed by atoms with Gasteiger partial charge in [-0.3, -0.25) is 4.90 Å². The van der Waals surface area contributed by atoms with E-state index >= 15 is 0 Å². The number of hydrogen-bond acceptors (Lipinski definition) is 4. The number of nitrogens with zero attached hydrogens (tertiary/aromatic N) is 2. The first-order valence-electron chi connectivity index (χ1n) is 10.8. The van der Waals surface area contributed by atoms with Crippen LogP contribution in [0.3, 0.4) is 0 Å². The van der Waals surface area contributed by atoms with Crippen molar-refractivity contribution in [2.45, 2.75) is 42.7 Å². The van der Waals surface area contributed by atoms with Crippen molar-refractivity contribution in [3.8, 4) is 0 Å². The van der Waals surface area contributed by atoms with Crippen LogP contribution in [0.15, 0.2) is 59.5 Å². The van der Waals surface area contributed by atoms with Gasteiger partial charge < -0.3 is 5.11 Å². The molecule has 0 aliphatic carbocycles. The van der Waals surface area contributed by atoms with E-state index in [4.69, 9.17) is 0 Å². The summed E-state index contributed by atoms with van der Waals surface area (Å²) in [5, 5.41) is 10.1. The summed E-state index contributed by atoms with van der Waals surface area (Å²) in [6.45, 7) is 3.68. The summed E-state index contributed by atoms with van der Waals surface area (Å²) in [6, 6.07) is 13.3. The average Bonchev–Trinajstić information content (AvgIpc) is 2.74. The van der Waals surface area contributed by atoms with Crippen LogP contribution < -0.4 is 0 Å². The van der Waals surface area contributed by atoms with Crippen LogP contribution in [0, 0.1) is 5.82 Å². The summed E-state index contributed by atoms with van der Waals surface area (Å²) in [5.41, 5.74) is 2.23. The lowest BCUT2D eigenvalue weighted by molar-refractivity contribution is -0.0553. The van der Waals surface area contributed by atoms with E-state index in [-0.39, 0.29) is 29.5 Å². The van der Waals surface area contributed by atoms with Gasteiger partial charge in [0.15, 0.2) is 0 Å². The molecule has 7 heteroatoms. The zero-order chi connectivity index (χ0) is 22.0. The maximum absolute atomic E-state index is 13.3. The van der Waals surface area contributed by atoms with Crippen LogP contribution in [0.4, 0.5) is 4.39 Å². The summed E-state index contributed by atoms with van der Waals surface area (Å²) in [4.78, 5) is 2.36. The highest BCUT2D eigenvalue weighted by Crippen LogP contribution is 2.42. The highest BCUT2D eigenvalue weighted by atomic mass is 32.2. The Bertz CT molecular complexity index is 1020. The molecule has 0 bridgehead atoms. The van der Waals surface area contributed by atoms with Crippen molar-refractivity contribution in [1.82, 2.24) is 9.21 Å². The standard InChI is InChI=1S/C24H29FN2O3S/c1-2-5-18-6-8-19(9-7-18)24-22-16-26(14-3-4-15-27(22)23(24)17-28)31(29,30)21-12-10-20(25)11-13-21/h2,5-13,22-24,28H,3-4,14-17H2,1H3/b5-2+/t22-,23-,24+/m1/s1. The molecule has 166 valence electrons. The van der Waals surface area contributed by atoms with Gasteiger partial charge in [0.25, 0.3) is 0 Å². The fourth-order valence-electron chi connectivity index (χ4n) is 4.90. The molecule has 2 aliphatic rings. The first-order chi connectivity index (χ1) is 15.0. The lowest BCUT2D eigenvalue weighted by atomic mass is 9.74. The van der Waals surface area contributed by atoms with Crippen molar-refractivity contribution < 1.29 is 17.9 Å². The number of halogens is 1.